The van der Waals surface area contributed by atoms with E-state index >= 15 is 0 Å². The van der Waals surface area contributed by atoms with E-state index in [2.05, 4.69) is 10.3 Å². The van der Waals surface area contributed by atoms with Crippen LogP contribution in [-0.4, -0.2) is 54.0 Å². The average Bonchev–Trinajstić information content (AvgIpc) is 3.45. The van der Waals surface area contributed by atoms with Crippen molar-refractivity contribution >= 4 is 23.3 Å². The molecule has 150 valence electrons. The third kappa shape index (κ3) is 4.93. The van der Waals surface area contributed by atoms with Gasteiger partial charge in [0.05, 0.1) is 19.1 Å². The maximum atomic E-state index is 12.3. The summed E-state index contributed by atoms with van der Waals surface area (Å²) in [6.45, 7) is 3.93. The Hall–Kier alpha value is -2.90. The minimum Gasteiger partial charge on any atom is -0.497 e. The molecule has 1 amide bonds. The van der Waals surface area contributed by atoms with Gasteiger partial charge < -0.3 is 14.1 Å². The highest BCUT2D eigenvalue weighted by Gasteiger charge is 2.20. The zero-order chi connectivity index (χ0) is 20.1. The van der Waals surface area contributed by atoms with Crippen LogP contribution in [0.15, 0.2) is 58.5 Å². The lowest BCUT2D eigenvalue weighted by Crippen LogP contribution is -2.47. The Balaban J connectivity index is 1.28. The minimum atomic E-state index is 0.0245. The molecule has 29 heavy (non-hydrogen) atoms. The number of ether oxygens (including phenoxy) is 1. The normalized spacial score (nSPS) is 15.1. The van der Waals surface area contributed by atoms with E-state index in [1.54, 1.807) is 42.9 Å². The van der Waals surface area contributed by atoms with Gasteiger partial charge in [0, 0.05) is 49.7 Å². The summed E-state index contributed by atoms with van der Waals surface area (Å²) in [6.07, 6.45) is 4.89. The van der Waals surface area contributed by atoms with Gasteiger partial charge in [-0.25, -0.2) is 4.98 Å². The summed E-state index contributed by atoms with van der Waals surface area (Å²) < 4.78 is 10.4. The molecule has 1 aliphatic rings. The summed E-state index contributed by atoms with van der Waals surface area (Å²) in [6, 6.07) is 11.6. The number of thiazole rings is 1. The van der Waals surface area contributed by atoms with Crippen LogP contribution in [0.3, 0.4) is 0 Å². The first-order valence-electron chi connectivity index (χ1n) is 9.53. The van der Waals surface area contributed by atoms with Crippen molar-refractivity contribution in [2.24, 2.45) is 0 Å². The van der Waals surface area contributed by atoms with Gasteiger partial charge in [-0.2, -0.15) is 0 Å². The predicted molar refractivity (Wildman–Crippen MR) is 114 cm³/mol. The van der Waals surface area contributed by atoms with Gasteiger partial charge in [-0.3, -0.25) is 9.69 Å². The highest BCUT2D eigenvalue weighted by atomic mass is 32.1. The molecule has 2 aromatic heterocycles. The number of carbonyl (C=O) groups is 1. The molecule has 0 spiro atoms. The first kappa shape index (κ1) is 19.4. The van der Waals surface area contributed by atoms with Crippen molar-refractivity contribution in [3.8, 4) is 16.3 Å². The number of methoxy groups -OCH3 is 1. The lowest BCUT2D eigenvalue weighted by atomic mass is 10.2. The summed E-state index contributed by atoms with van der Waals surface area (Å²) in [7, 11) is 1.67. The van der Waals surface area contributed by atoms with Crippen LogP contribution in [0.2, 0.25) is 0 Å². The van der Waals surface area contributed by atoms with Gasteiger partial charge in [-0.05, 0) is 42.5 Å². The van der Waals surface area contributed by atoms with E-state index in [4.69, 9.17) is 14.1 Å². The summed E-state index contributed by atoms with van der Waals surface area (Å²) in [5.74, 6) is 1.56. The number of rotatable bonds is 6. The number of nitrogens with zero attached hydrogens (tertiary/aromatic N) is 3. The number of hydrogen-bond acceptors (Lipinski definition) is 6. The van der Waals surface area contributed by atoms with Crippen LogP contribution in [0.5, 0.6) is 5.75 Å². The zero-order valence-electron chi connectivity index (χ0n) is 16.3. The van der Waals surface area contributed by atoms with Gasteiger partial charge in [-0.1, -0.05) is 0 Å². The second-order valence-corrected chi connectivity index (χ2v) is 7.68. The van der Waals surface area contributed by atoms with Crippen LogP contribution >= 0.6 is 11.3 Å². The number of aromatic nitrogens is 1. The van der Waals surface area contributed by atoms with Crippen LogP contribution in [0.4, 0.5) is 0 Å². The Bertz CT molecular complexity index is 956. The van der Waals surface area contributed by atoms with Crippen molar-refractivity contribution in [3.05, 3.63) is 65.6 Å². The van der Waals surface area contributed by atoms with Crippen LogP contribution in [0, 0.1) is 0 Å². The molecule has 3 aromatic rings. The van der Waals surface area contributed by atoms with Gasteiger partial charge >= 0.3 is 0 Å². The molecule has 0 atom stereocenters. The molecule has 1 fully saturated rings. The first-order chi connectivity index (χ1) is 14.2. The van der Waals surface area contributed by atoms with E-state index in [1.807, 2.05) is 35.2 Å². The molecule has 7 heteroatoms. The third-order valence-corrected chi connectivity index (χ3v) is 5.83. The Morgan fingerprint density at radius 2 is 2.00 bits per heavy atom. The van der Waals surface area contributed by atoms with Gasteiger partial charge in [-0.15, -0.1) is 11.3 Å². The van der Waals surface area contributed by atoms with Gasteiger partial charge in [0.2, 0.25) is 5.91 Å². The summed E-state index contributed by atoms with van der Waals surface area (Å²) in [4.78, 5) is 21.3. The monoisotopic (exact) mass is 409 g/mol. The topological polar surface area (TPSA) is 58.8 Å². The smallest absolute Gasteiger partial charge is 0.246 e. The lowest BCUT2D eigenvalue weighted by Gasteiger charge is -2.33. The van der Waals surface area contributed by atoms with Gasteiger partial charge in [0.15, 0.2) is 0 Å². The summed E-state index contributed by atoms with van der Waals surface area (Å²) in [5.41, 5.74) is 2.17. The van der Waals surface area contributed by atoms with E-state index in [0.29, 0.717) is 5.76 Å². The van der Waals surface area contributed by atoms with Crippen LogP contribution in [0.1, 0.15) is 11.5 Å². The average molecular weight is 410 g/mol. The quantitative estimate of drug-likeness (QED) is 0.580. The number of hydrogen-bond donors (Lipinski definition) is 0. The highest BCUT2D eigenvalue weighted by Crippen LogP contribution is 2.26. The molecule has 4 rings (SSSR count). The molecule has 1 saturated heterocycles. The standard InChI is InChI=1S/C22H23N3O3S/c1-27-19-6-4-17(5-7-19)22-23-18(16-29-22)15-24-10-12-25(13-11-24)21(26)9-8-20-3-2-14-28-20/h2-9,14,16H,10-13,15H2,1H3/b9-8+. The van der Waals surface area contributed by atoms with Crippen molar-refractivity contribution in [2.45, 2.75) is 6.54 Å². The molecule has 6 nitrogen and oxygen atoms in total. The number of piperazine rings is 1. The van der Waals surface area contributed by atoms with Crippen molar-refractivity contribution in [1.29, 1.82) is 0 Å². The molecule has 0 saturated carbocycles. The van der Waals surface area contributed by atoms with Crippen molar-refractivity contribution in [3.63, 3.8) is 0 Å². The number of carbonyl (C=O) groups excluding carboxylic acids is 1. The fourth-order valence-corrected chi connectivity index (χ4v) is 4.06. The van der Waals surface area contributed by atoms with Gasteiger partial charge in [0.1, 0.15) is 16.5 Å². The molecule has 0 unspecified atom stereocenters. The molecule has 0 aliphatic carbocycles. The number of benzene rings is 1. The van der Waals surface area contributed by atoms with E-state index in [0.717, 1.165) is 54.7 Å². The van der Waals surface area contributed by atoms with Crippen molar-refractivity contribution in [1.82, 2.24) is 14.8 Å². The van der Waals surface area contributed by atoms with Crippen LogP contribution < -0.4 is 4.74 Å². The zero-order valence-corrected chi connectivity index (χ0v) is 17.1. The van der Waals surface area contributed by atoms with Crippen molar-refractivity contribution in [2.75, 3.05) is 33.3 Å². The van der Waals surface area contributed by atoms with E-state index in [-0.39, 0.29) is 5.91 Å². The third-order valence-electron chi connectivity index (χ3n) is 4.89. The Labute approximate surface area is 174 Å². The SMILES string of the molecule is COc1ccc(-c2nc(CN3CCN(C(=O)/C=C/c4ccco4)CC3)cs2)cc1. The van der Waals surface area contributed by atoms with E-state index in [1.165, 1.54) is 0 Å². The Kier molecular flexibility index (Phi) is 6.07. The number of furan rings is 1. The molecule has 0 bridgehead atoms. The van der Waals surface area contributed by atoms with E-state index in [9.17, 15) is 4.79 Å². The maximum absolute atomic E-state index is 12.3. The van der Waals surface area contributed by atoms with Crippen LogP contribution in [-0.2, 0) is 11.3 Å². The minimum absolute atomic E-state index is 0.0245. The Morgan fingerprint density at radius 1 is 1.21 bits per heavy atom. The molecule has 3 heterocycles. The van der Waals surface area contributed by atoms with E-state index < -0.39 is 0 Å². The lowest BCUT2D eigenvalue weighted by molar-refractivity contribution is -0.127. The molecule has 0 N–H and O–H groups in total. The predicted octanol–water partition coefficient (Wildman–Crippen LogP) is 3.77. The molecule has 0 radical (unpaired) electrons. The highest BCUT2D eigenvalue weighted by molar-refractivity contribution is 7.13. The second-order valence-electron chi connectivity index (χ2n) is 6.82. The fourth-order valence-electron chi connectivity index (χ4n) is 3.25. The molecule has 1 aliphatic heterocycles. The summed E-state index contributed by atoms with van der Waals surface area (Å²) in [5, 5.41) is 3.13. The maximum Gasteiger partial charge on any atom is 0.246 e. The fraction of sp³-hybridized carbons (Fsp3) is 0.273. The first-order valence-corrected chi connectivity index (χ1v) is 10.4. The molecular formula is C22H23N3O3S. The van der Waals surface area contributed by atoms with Gasteiger partial charge in [0.25, 0.3) is 0 Å². The largest absolute Gasteiger partial charge is 0.497 e. The summed E-state index contributed by atoms with van der Waals surface area (Å²) >= 11 is 1.65. The molecular weight excluding hydrogens is 386 g/mol. The number of amides is 1. The van der Waals surface area contributed by atoms with Crippen LogP contribution in [0.25, 0.3) is 16.6 Å². The Morgan fingerprint density at radius 3 is 2.69 bits per heavy atom. The second kappa shape index (κ2) is 9.07. The molecule has 1 aromatic carbocycles. The van der Waals surface area contributed by atoms with Crippen molar-refractivity contribution < 1.29 is 13.9 Å².